The highest BCUT2D eigenvalue weighted by molar-refractivity contribution is 5.96. The first-order chi connectivity index (χ1) is 12.6. The fourth-order valence-corrected chi connectivity index (χ4v) is 3.26. The zero-order chi connectivity index (χ0) is 18.1. The Hall–Kier alpha value is -3.41. The molecule has 0 bridgehead atoms. The van der Waals surface area contributed by atoms with Crippen molar-refractivity contribution in [1.82, 2.24) is 14.9 Å². The molecule has 1 aliphatic heterocycles. The van der Waals surface area contributed by atoms with Crippen molar-refractivity contribution in [2.24, 2.45) is 5.73 Å². The number of aromatic nitrogens is 2. The Morgan fingerprint density at radius 2 is 2.00 bits per heavy atom. The SMILES string of the molecule is NC(=O)c1ccc(C(=O)N2CC=C(c3c[nH]c4ccccc34)CC2)nc1. The molecule has 0 saturated carbocycles. The Balaban J connectivity index is 1.52. The van der Waals surface area contributed by atoms with Gasteiger partial charge in [-0.2, -0.15) is 0 Å². The number of primary amides is 1. The molecule has 3 heterocycles. The van der Waals surface area contributed by atoms with E-state index in [1.54, 1.807) is 11.0 Å². The van der Waals surface area contributed by atoms with Gasteiger partial charge in [-0.25, -0.2) is 0 Å². The van der Waals surface area contributed by atoms with Gasteiger partial charge in [0, 0.05) is 41.9 Å². The highest BCUT2D eigenvalue weighted by Gasteiger charge is 2.21. The maximum Gasteiger partial charge on any atom is 0.272 e. The molecule has 0 atom stereocenters. The number of nitrogens with one attached hydrogen (secondary N) is 1. The molecule has 0 spiro atoms. The fourth-order valence-electron chi connectivity index (χ4n) is 3.26. The molecular formula is C20H18N4O2. The van der Waals surface area contributed by atoms with Gasteiger partial charge >= 0.3 is 0 Å². The quantitative estimate of drug-likeness (QED) is 0.763. The van der Waals surface area contributed by atoms with E-state index in [9.17, 15) is 9.59 Å². The molecule has 0 radical (unpaired) electrons. The van der Waals surface area contributed by atoms with E-state index in [4.69, 9.17) is 5.73 Å². The number of fused-ring (bicyclic) bond motifs is 1. The van der Waals surface area contributed by atoms with Gasteiger partial charge in [0.05, 0.1) is 5.56 Å². The first kappa shape index (κ1) is 16.1. The van der Waals surface area contributed by atoms with E-state index in [0.717, 1.165) is 11.9 Å². The monoisotopic (exact) mass is 346 g/mol. The topological polar surface area (TPSA) is 92.1 Å². The van der Waals surface area contributed by atoms with Gasteiger partial charge in [0.2, 0.25) is 5.91 Å². The summed E-state index contributed by atoms with van der Waals surface area (Å²) in [7, 11) is 0. The van der Waals surface area contributed by atoms with Crippen LogP contribution in [0.2, 0.25) is 0 Å². The number of carbonyl (C=O) groups is 2. The molecule has 6 heteroatoms. The average Bonchev–Trinajstić information content (AvgIpc) is 3.12. The van der Waals surface area contributed by atoms with Crippen molar-refractivity contribution in [3.05, 3.63) is 71.7 Å². The largest absolute Gasteiger partial charge is 0.366 e. The van der Waals surface area contributed by atoms with Crippen molar-refractivity contribution in [1.29, 1.82) is 0 Å². The normalized spacial score (nSPS) is 14.3. The van der Waals surface area contributed by atoms with Gasteiger partial charge in [0.1, 0.15) is 5.69 Å². The van der Waals surface area contributed by atoms with Crippen molar-refractivity contribution in [2.75, 3.05) is 13.1 Å². The number of carbonyl (C=O) groups excluding carboxylic acids is 2. The molecule has 0 aliphatic carbocycles. The van der Waals surface area contributed by atoms with E-state index in [1.807, 2.05) is 18.3 Å². The minimum atomic E-state index is -0.555. The number of pyridine rings is 1. The predicted octanol–water partition coefficient (Wildman–Crippen LogP) is 2.59. The Labute approximate surface area is 150 Å². The predicted molar refractivity (Wildman–Crippen MR) is 99.6 cm³/mol. The summed E-state index contributed by atoms with van der Waals surface area (Å²) in [6, 6.07) is 11.3. The van der Waals surface area contributed by atoms with E-state index >= 15 is 0 Å². The van der Waals surface area contributed by atoms with Crippen LogP contribution in [-0.2, 0) is 0 Å². The number of aromatic amines is 1. The van der Waals surface area contributed by atoms with Crippen LogP contribution in [-0.4, -0.2) is 39.8 Å². The number of benzene rings is 1. The Kier molecular flexibility index (Phi) is 4.01. The van der Waals surface area contributed by atoms with Crippen LogP contribution in [0, 0.1) is 0 Å². The summed E-state index contributed by atoms with van der Waals surface area (Å²) in [6.07, 6.45) is 6.24. The first-order valence-corrected chi connectivity index (χ1v) is 8.44. The zero-order valence-electron chi connectivity index (χ0n) is 14.1. The third-order valence-electron chi connectivity index (χ3n) is 4.70. The van der Waals surface area contributed by atoms with Gasteiger partial charge in [0.15, 0.2) is 0 Å². The highest BCUT2D eigenvalue weighted by Crippen LogP contribution is 2.29. The minimum absolute atomic E-state index is 0.143. The van der Waals surface area contributed by atoms with Gasteiger partial charge in [0.25, 0.3) is 5.91 Å². The lowest BCUT2D eigenvalue weighted by atomic mass is 9.99. The van der Waals surface area contributed by atoms with E-state index in [2.05, 4.69) is 28.2 Å². The van der Waals surface area contributed by atoms with Gasteiger partial charge in [-0.15, -0.1) is 0 Å². The number of H-pyrrole nitrogens is 1. The molecule has 2 aromatic heterocycles. The maximum atomic E-state index is 12.6. The fraction of sp³-hybridized carbons (Fsp3) is 0.150. The molecule has 0 saturated heterocycles. The molecule has 0 unspecified atom stereocenters. The number of nitrogens with two attached hydrogens (primary N) is 1. The summed E-state index contributed by atoms with van der Waals surface area (Å²) < 4.78 is 0. The molecule has 3 N–H and O–H groups in total. The van der Waals surface area contributed by atoms with Crippen LogP contribution < -0.4 is 5.73 Å². The van der Waals surface area contributed by atoms with Crippen LogP contribution >= 0.6 is 0 Å². The molecule has 3 aromatic rings. The maximum absolute atomic E-state index is 12.6. The second-order valence-corrected chi connectivity index (χ2v) is 6.27. The Morgan fingerprint density at radius 1 is 1.15 bits per heavy atom. The molecule has 6 nitrogen and oxygen atoms in total. The number of para-hydroxylation sites is 1. The third-order valence-corrected chi connectivity index (χ3v) is 4.70. The second-order valence-electron chi connectivity index (χ2n) is 6.27. The summed E-state index contributed by atoms with van der Waals surface area (Å²) in [4.78, 5) is 32.8. The lowest BCUT2D eigenvalue weighted by Crippen LogP contribution is -2.35. The number of amides is 2. The van der Waals surface area contributed by atoms with Crippen LogP contribution in [0.4, 0.5) is 0 Å². The molecule has 2 amide bonds. The van der Waals surface area contributed by atoms with Gasteiger partial charge < -0.3 is 15.6 Å². The average molecular weight is 346 g/mol. The minimum Gasteiger partial charge on any atom is -0.366 e. The smallest absolute Gasteiger partial charge is 0.272 e. The molecule has 0 fully saturated rings. The van der Waals surface area contributed by atoms with Crippen LogP contribution in [0.1, 0.15) is 32.8 Å². The second kappa shape index (κ2) is 6.48. The number of nitrogens with zero attached hydrogens (tertiary/aromatic N) is 2. The number of rotatable bonds is 3. The van der Waals surface area contributed by atoms with Crippen LogP contribution in [0.3, 0.4) is 0 Å². The number of hydrogen-bond donors (Lipinski definition) is 2. The summed E-state index contributed by atoms with van der Waals surface area (Å²) in [5, 5.41) is 1.20. The van der Waals surface area contributed by atoms with Crippen molar-refractivity contribution < 1.29 is 9.59 Å². The molecule has 26 heavy (non-hydrogen) atoms. The molecule has 1 aromatic carbocycles. The third kappa shape index (κ3) is 2.86. The molecule has 4 rings (SSSR count). The van der Waals surface area contributed by atoms with Crippen molar-refractivity contribution in [3.8, 4) is 0 Å². The van der Waals surface area contributed by atoms with Gasteiger partial charge in [-0.1, -0.05) is 24.3 Å². The lowest BCUT2D eigenvalue weighted by Gasteiger charge is -2.26. The summed E-state index contributed by atoms with van der Waals surface area (Å²) in [6.45, 7) is 1.16. The highest BCUT2D eigenvalue weighted by atomic mass is 16.2. The lowest BCUT2D eigenvalue weighted by molar-refractivity contribution is 0.0766. The van der Waals surface area contributed by atoms with Crippen LogP contribution in [0.5, 0.6) is 0 Å². The number of hydrogen-bond acceptors (Lipinski definition) is 3. The van der Waals surface area contributed by atoms with E-state index in [0.29, 0.717) is 24.3 Å². The molecular weight excluding hydrogens is 328 g/mol. The van der Waals surface area contributed by atoms with Crippen molar-refractivity contribution in [2.45, 2.75) is 6.42 Å². The Bertz CT molecular complexity index is 1020. The van der Waals surface area contributed by atoms with Crippen LogP contribution in [0.15, 0.2) is 54.9 Å². The van der Waals surface area contributed by atoms with Gasteiger partial charge in [-0.05, 0) is 30.2 Å². The van der Waals surface area contributed by atoms with Crippen molar-refractivity contribution >= 4 is 28.3 Å². The van der Waals surface area contributed by atoms with Crippen molar-refractivity contribution in [3.63, 3.8) is 0 Å². The van der Waals surface area contributed by atoms with Gasteiger partial charge in [-0.3, -0.25) is 14.6 Å². The summed E-state index contributed by atoms with van der Waals surface area (Å²) >= 11 is 0. The summed E-state index contributed by atoms with van der Waals surface area (Å²) in [5.74, 6) is -0.698. The zero-order valence-corrected chi connectivity index (χ0v) is 14.1. The molecule has 1 aliphatic rings. The standard InChI is InChI=1S/C20H18N4O2/c21-19(25)14-5-6-18(22-11-14)20(26)24-9-7-13(8-10-24)16-12-23-17-4-2-1-3-15(16)17/h1-7,11-12,23H,8-10H2,(H2,21,25). The Morgan fingerprint density at radius 3 is 2.69 bits per heavy atom. The van der Waals surface area contributed by atoms with E-state index < -0.39 is 5.91 Å². The van der Waals surface area contributed by atoms with Crippen LogP contribution in [0.25, 0.3) is 16.5 Å². The summed E-state index contributed by atoms with van der Waals surface area (Å²) in [5.41, 5.74) is 9.35. The van der Waals surface area contributed by atoms with E-state index in [1.165, 1.54) is 28.8 Å². The first-order valence-electron chi connectivity index (χ1n) is 8.44. The van der Waals surface area contributed by atoms with E-state index in [-0.39, 0.29) is 5.91 Å². The molecule has 130 valence electrons.